The Morgan fingerprint density at radius 2 is 1.08 bits per heavy atom. The van der Waals surface area contributed by atoms with Gasteiger partial charge in [0.25, 0.3) is 0 Å². The Morgan fingerprint density at radius 1 is 0.415 bits per heavy atom. The molecule has 0 bridgehead atoms. The molecule has 0 spiro atoms. The van der Waals surface area contributed by atoms with Crippen LogP contribution >= 0.6 is 22.7 Å². The molecule has 5 heteroatoms. The molecule has 8 aromatic carbocycles. The van der Waals surface area contributed by atoms with E-state index in [-0.39, 0.29) is 0 Å². The fourth-order valence-electron chi connectivity index (χ4n) is 8.52. The topological polar surface area (TPSA) is 30.7 Å². The highest BCUT2D eigenvalue weighted by molar-refractivity contribution is 7.27. The van der Waals surface area contributed by atoms with Crippen LogP contribution in [0.5, 0.6) is 0 Å². The van der Waals surface area contributed by atoms with Crippen molar-refractivity contribution >= 4 is 106 Å². The number of aromatic nitrogens is 3. The second kappa shape index (κ2) is 11.1. The zero-order chi connectivity index (χ0) is 34.6. The molecule has 0 amide bonds. The van der Waals surface area contributed by atoms with Crippen molar-refractivity contribution in [2.75, 3.05) is 0 Å². The van der Waals surface area contributed by atoms with Gasteiger partial charge in [-0.15, -0.1) is 22.7 Å². The van der Waals surface area contributed by atoms with E-state index in [0.29, 0.717) is 0 Å². The van der Waals surface area contributed by atoms with Crippen LogP contribution in [-0.2, 0) is 0 Å². The minimum Gasteiger partial charge on any atom is -0.309 e. The van der Waals surface area contributed by atoms with E-state index in [1.54, 1.807) is 0 Å². The van der Waals surface area contributed by atoms with Gasteiger partial charge in [0.05, 0.1) is 22.2 Å². The van der Waals surface area contributed by atoms with Crippen LogP contribution in [0, 0.1) is 0 Å². The predicted octanol–water partition coefficient (Wildman–Crippen LogP) is 13.9. The van der Waals surface area contributed by atoms with Crippen molar-refractivity contribution in [2.45, 2.75) is 0 Å². The van der Waals surface area contributed by atoms with Gasteiger partial charge in [0.2, 0.25) is 0 Å². The summed E-state index contributed by atoms with van der Waals surface area (Å²) in [6.07, 6.45) is 0. The molecule has 0 unspecified atom stereocenters. The monoisotopic (exact) mass is 709 g/mol. The molecule has 0 aliphatic rings. The molecular formula is C48H27N3S2. The van der Waals surface area contributed by atoms with Crippen molar-refractivity contribution in [3.8, 4) is 28.3 Å². The minimum atomic E-state index is 0.728. The SMILES string of the molecule is c1ccc(-c2nc(-c3ccccc3)c3cc(-n4c5ccccc5c5c6sc7ccccc7c6c6c(ccc7sc8ccccc8c76)c54)ccc3n2)cc1. The van der Waals surface area contributed by atoms with Crippen LogP contribution in [0.2, 0.25) is 0 Å². The summed E-state index contributed by atoms with van der Waals surface area (Å²) >= 11 is 3.80. The Morgan fingerprint density at radius 3 is 1.87 bits per heavy atom. The number of nitrogens with zero attached hydrogens (tertiary/aromatic N) is 3. The number of hydrogen-bond acceptors (Lipinski definition) is 4. The number of para-hydroxylation sites is 1. The van der Waals surface area contributed by atoms with E-state index in [1.807, 2.05) is 40.9 Å². The fraction of sp³-hybridized carbons (Fsp3) is 0. The molecule has 0 saturated carbocycles. The van der Waals surface area contributed by atoms with E-state index in [0.717, 1.165) is 39.2 Å². The quantitative estimate of drug-likeness (QED) is 0.183. The minimum absolute atomic E-state index is 0.728. The van der Waals surface area contributed by atoms with Crippen LogP contribution in [0.3, 0.4) is 0 Å². The summed E-state index contributed by atoms with van der Waals surface area (Å²) in [6.45, 7) is 0. The largest absolute Gasteiger partial charge is 0.309 e. The molecule has 0 atom stereocenters. The molecule has 0 radical (unpaired) electrons. The summed E-state index contributed by atoms with van der Waals surface area (Å²) in [6, 6.07) is 59.0. The highest BCUT2D eigenvalue weighted by Gasteiger charge is 2.24. The van der Waals surface area contributed by atoms with Gasteiger partial charge in [0, 0.05) is 84.1 Å². The number of benzene rings is 8. The van der Waals surface area contributed by atoms with Gasteiger partial charge in [-0.25, -0.2) is 9.97 Å². The van der Waals surface area contributed by atoms with Crippen molar-refractivity contribution in [2.24, 2.45) is 0 Å². The second-order valence-electron chi connectivity index (χ2n) is 13.7. The first-order valence-corrected chi connectivity index (χ1v) is 19.5. The Hall–Kier alpha value is -6.40. The number of thiophene rings is 2. The normalized spacial score (nSPS) is 12.2. The fourth-order valence-corrected chi connectivity index (χ4v) is 10.9. The molecule has 0 fully saturated rings. The standard InChI is InChI=1S/C48H27N3S2/c1-3-13-28(14-4-1)45-35-27-30(23-25-36(35)49-48(50-45)29-15-5-2-6-16-29)51-37-20-10-7-17-31(37)44-46(51)34-24-26-40-41(32-18-8-11-21-38(32)52-40)42(34)43-33-19-9-12-22-39(33)53-47(43)44/h1-27H. The summed E-state index contributed by atoms with van der Waals surface area (Å²) < 4.78 is 7.79. The Kier molecular flexibility index (Phi) is 6.09. The van der Waals surface area contributed by atoms with Crippen molar-refractivity contribution in [1.29, 1.82) is 0 Å². The zero-order valence-electron chi connectivity index (χ0n) is 28.2. The van der Waals surface area contributed by atoms with Crippen LogP contribution in [0.25, 0.3) is 112 Å². The van der Waals surface area contributed by atoms with E-state index in [4.69, 9.17) is 9.97 Å². The summed E-state index contributed by atoms with van der Waals surface area (Å²) in [7, 11) is 0. The van der Waals surface area contributed by atoms with Gasteiger partial charge < -0.3 is 4.57 Å². The summed E-state index contributed by atoms with van der Waals surface area (Å²) in [5, 5.41) is 11.5. The van der Waals surface area contributed by atoms with Crippen molar-refractivity contribution in [3.63, 3.8) is 0 Å². The van der Waals surface area contributed by atoms with Crippen LogP contribution < -0.4 is 0 Å². The third-order valence-corrected chi connectivity index (χ3v) is 13.1. The first-order chi connectivity index (χ1) is 26.3. The molecule has 4 aromatic heterocycles. The van der Waals surface area contributed by atoms with Gasteiger partial charge in [-0.2, -0.15) is 0 Å². The number of hydrogen-bond donors (Lipinski definition) is 0. The number of fused-ring (bicyclic) bond motifs is 15. The van der Waals surface area contributed by atoms with Crippen LogP contribution in [-0.4, -0.2) is 14.5 Å². The Bertz CT molecular complexity index is 3450. The van der Waals surface area contributed by atoms with Crippen LogP contribution in [0.1, 0.15) is 0 Å². The third-order valence-electron chi connectivity index (χ3n) is 10.8. The lowest BCUT2D eigenvalue weighted by molar-refractivity contribution is 1.18. The first kappa shape index (κ1) is 29.2. The average Bonchev–Trinajstić information content (AvgIpc) is 3.91. The molecule has 0 aliphatic heterocycles. The van der Waals surface area contributed by atoms with Crippen LogP contribution in [0.15, 0.2) is 164 Å². The Labute approximate surface area is 311 Å². The summed E-state index contributed by atoms with van der Waals surface area (Å²) in [5.74, 6) is 0.728. The molecule has 246 valence electrons. The first-order valence-electron chi connectivity index (χ1n) is 17.8. The molecule has 12 aromatic rings. The van der Waals surface area contributed by atoms with E-state index in [2.05, 4.69) is 150 Å². The lowest BCUT2D eigenvalue weighted by Crippen LogP contribution is -1.99. The van der Waals surface area contributed by atoms with Gasteiger partial charge in [-0.05, 0) is 42.5 Å². The third kappa shape index (κ3) is 4.15. The second-order valence-corrected chi connectivity index (χ2v) is 15.8. The number of rotatable bonds is 3. The van der Waals surface area contributed by atoms with Gasteiger partial charge in [-0.3, -0.25) is 0 Å². The maximum atomic E-state index is 5.24. The molecule has 3 nitrogen and oxygen atoms in total. The molecule has 0 N–H and O–H groups in total. The van der Waals surface area contributed by atoms with E-state index in [1.165, 1.54) is 72.9 Å². The average molecular weight is 710 g/mol. The molecular weight excluding hydrogens is 683 g/mol. The van der Waals surface area contributed by atoms with E-state index < -0.39 is 0 Å². The molecule has 4 heterocycles. The van der Waals surface area contributed by atoms with Crippen molar-refractivity contribution in [3.05, 3.63) is 164 Å². The van der Waals surface area contributed by atoms with Gasteiger partial charge in [0.15, 0.2) is 5.82 Å². The lowest BCUT2D eigenvalue weighted by atomic mass is 9.96. The van der Waals surface area contributed by atoms with E-state index >= 15 is 0 Å². The molecule has 53 heavy (non-hydrogen) atoms. The smallest absolute Gasteiger partial charge is 0.160 e. The molecule has 0 aliphatic carbocycles. The highest BCUT2D eigenvalue weighted by Crippen LogP contribution is 2.51. The molecule has 12 rings (SSSR count). The van der Waals surface area contributed by atoms with Gasteiger partial charge in [-0.1, -0.05) is 121 Å². The summed E-state index contributed by atoms with van der Waals surface area (Å²) in [4.78, 5) is 10.4. The van der Waals surface area contributed by atoms with Crippen LogP contribution in [0.4, 0.5) is 0 Å². The Balaban J connectivity index is 1.26. The van der Waals surface area contributed by atoms with E-state index in [9.17, 15) is 0 Å². The summed E-state index contributed by atoms with van der Waals surface area (Å²) in [5.41, 5.74) is 7.44. The lowest BCUT2D eigenvalue weighted by Gasteiger charge is -2.14. The maximum absolute atomic E-state index is 5.24. The van der Waals surface area contributed by atoms with Crippen molar-refractivity contribution in [1.82, 2.24) is 14.5 Å². The highest BCUT2D eigenvalue weighted by atomic mass is 32.1. The molecule has 0 saturated heterocycles. The van der Waals surface area contributed by atoms with Crippen molar-refractivity contribution < 1.29 is 0 Å². The zero-order valence-corrected chi connectivity index (χ0v) is 29.9. The maximum Gasteiger partial charge on any atom is 0.160 e. The van der Waals surface area contributed by atoms with Gasteiger partial charge >= 0.3 is 0 Å². The predicted molar refractivity (Wildman–Crippen MR) is 228 cm³/mol. The van der Waals surface area contributed by atoms with Gasteiger partial charge in [0.1, 0.15) is 0 Å².